The van der Waals surface area contributed by atoms with Crippen molar-refractivity contribution in [1.82, 2.24) is 15.1 Å². The first-order valence-electron chi connectivity index (χ1n) is 15.6. The van der Waals surface area contributed by atoms with Crippen LogP contribution in [0.1, 0.15) is 16.7 Å². The number of hydrogen-bond acceptors (Lipinski definition) is 11. The molecular weight excluding hydrogens is 672 g/mol. The van der Waals surface area contributed by atoms with Crippen LogP contribution >= 0.6 is 15.9 Å². The maximum Gasteiger partial charge on any atom is 0.269 e. The Morgan fingerprint density at radius 2 is 0.979 bits per heavy atom. The van der Waals surface area contributed by atoms with Gasteiger partial charge in [0.05, 0.1) is 49.5 Å². The van der Waals surface area contributed by atoms with Gasteiger partial charge in [-0.05, 0) is 28.8 Å². The first-order valence-corrected chi connectivity index (χ1v) is 16.7. The molecule has 0 aliphatic carbocycles. The smallest absolute Gasteiger partial charge is 0.269 e. The van der Waals surface area contributed by atoms with Crippen LogP contribution in [0.25, 0.3) is 0 Å². The fraction of sp³-hybridized carbons (Fsp3) is 0.455. The van der Waals surface area contributed by atoms with E-state index in [9.17, 15) is 20.2 Å². The van der Waals surface area contributed by atoms with E-state index in [1.54, 1.807) is 24.3 Å². The van der Waals surface area contributed by atoms with E-state index < -0.39 is 4.92 Å². The Kier molecular flexibility index (Phi) is 17.9. The van der Waals surface area contributed by atoms with Crippen LogP contribution in [0.4, 0.5) is 17.1 Å². The van der Waals surface area contributed by atoms with Crippen LogP contribution in [0, 0.1) is 20.2 Å². The number of halogens is 1. The molecule has 0 atom stereocenters. The molecule has 3 fully saturated rings. The minimum atomic E-state index is -0.405. The van der Waals surface area contributed by atoms with E-state index in [1.807, 2.05) is 24.3 Å². The van der Waals surface area contributed by atoms with E-state index in [0.29, 0.717) is 0 Å². The molecule has 3 saturated heterocycles. The van der Waals surface area contributed by atoms with E-state index in [2.05, 4.69) is 43.2 Å². The van der Waals surface area contributed by atoms with Crippen molar-refractivity contribution in [3.8, 4) is 0 Å². The van der Waals surface area contributed by atoms with Crippen LogP contribution in [-0.2, 0) is 32.6 Å². The number of rotatable bonds is 7. The molecule has 3 aliphatic heterocycles. The Hall–Kier alpha value is -3.50. The van der Waals surface area contributed by atoms with Gasteiger partial charge in [0.2, 0.25) is 0 Å². The van der Waals surface area contributed by atoms with Gasteiger partial charge < -0.3 is 25.3 Å². The molecule has 256 valence electrons. The summed E-state index contributed by atoms with van der Waals surface area (Å²) in [6.07, 6.45) is 0. The number of non-ortho nitro benzene ring substituents is 2. The van der Waals surface area contributed by atoms with Gasteiger partial charge in [-0.3, -0.25) is 30.0 Å². The monoisotopic (exact) mass is 716 g/mol. The molecular formula is C33H45BrN6O7. The molecule has 0 spiro atoms. The highest BCUT2D eigenvalue weighted by Gasteiger charge is 2.12. The molecule has 47 heavy (non-hydrogen) atoms. The van der Waals surface area contributed by atoms with Gasteiger partial charge in [0, 0.05) is 87.6 Å². The first-order chi connectivity index (χ1) is 22.8. The summed E-state index contributed by atoms with van der Waals surface area (Å²) in [5.41, 5.74) is 10.2. The summed E-state index contributed by atoms with van der Waals surface area (Å²) in [6, 6.07) is 21.3. The van der Waals surface area contributed by atoms with Crippen molar-refractivity contribution in [2.45, 2.75) is 18.4 Å². The molecule has 0 unspecified atom stereocenters. The molecule has 0 bridgehead atoms. The molecule has 0 radical (unpaired) electrons. The molecule has 6 rings (SSSR count). The Bertz CT molecular complexity index is 1290. The zero-order chi connectivity index (χ0) is 33.7. The molecule has 3 heterocycles. The van der Waals surface area contributed by atoms with Gasteiger partial charge in [0.15, 0.2) is 0 Å². The molecule has 3 aromatic carbocycles. The highest BCUT2D eigenvalue weighted by atomic mass is 79.9. The third-order valence-corrected chi connectivity index (χ3v) is 7.94. The molecule has 3 aliphatic rings. The lowest BCUT2D eigenvalue weighted by Gasteiger charge is -2.26. The zero-order valence-corrected chi connectivity index (χ0v) is 28.2. The zero-order valence-electron chi connectivity index (χ0n) is 26.6. The average Bonchev–Trinajstić information content (AvgIpc) is 3.12. The predicted molar refractivity (Wildman–Crippen MR) is 186 cm³/mol. The summed E-state index contributed by atoms with van der Waals surface area (Å²) in [6.45, 7) is 12.8. The highest BCUT2D eigenvalue weighted by molar-refractivity contribution is 9.08. The lowest BCUT2D eigenvalue weighted by atomic mass is 10.2. The number of benzene rings is 3. The number of nitrogens with zero attached hydrogens (tertiary/aromatic N) is 4. The molecule has 13 nitrogen and oxygen atoms in total. The number of ether oxygens (including phenoxy) is 3. The summed E-state index contributed by atoms with van der Waals surface area (Å²) in [5, 5.41) is 24.6. The summed E-state index contributed by atoms with van der Waals surface area (Å²) in [4.78, 5) is 24.6. The quantitative estimate of drug-likeness (QED) is 0.152. The van der Waals surface area contributed by atoms with Gasteiger partial charge in [-0.2, -0.15) is 0 Å². The second-order valence-electron chi connectivity index (χ2n) is 10.9. The fourth-order valence-corrected chi connectivity index (χ4v) is 4.98. The van der Waals surface area contributed by atoms with Crippen LogP contribution in [0.2, 0.25) is 0 Å². The van der Waals surface area contributed by atoms with Crippen LogP contribution in [0.3, 0.4) is 0 Å². The van der Waals surface area contributed by atoms with Crippen molar-refractivity contribution in [1.29, 1.82) is 0 Å². The van der Waals surface area contributed by atoms with Crippen molar-refractivity contribution in [3.05, 3.63) is 110 Å². The second kappa shape index (κ2) is 22.1. The Labute approximate surface area is 284 Å². The lowest BCUT2D eigenvalue weighted by molar-refractivity contribution is -0.385. The van der Waals surface area contributed by atoms with Gasteiger partial charge in [-0.25, -0.2) is 0 Å². The number of nitro benzene ring substituents is 2. The summed E-state index contributed by atoms with van der Waals surface area (Å²) in [5.74, 6) is 0. The molecule has 3 N–H and O–H groups in total. The molecule has 3 aromatic rings. The van der Waals surface area contributed by atoms with Gasteiger partial charge in [-0.1, -0.05) is 52.3 Å². The third-order valence-electron chi connectivity index (χ3n) is 7.29. The van der Waals surface area contributed by atoms with Gasteiger partial charge in [0.1, 0.15) is 0 Å². The van der Waals surface area contributed by atoms with Gasteiger partial charge in [-0.15, -0.1) is 0 Å². The topological polar surface area (TPSA) is 158 Å². The number of hydrogen-bond donors (Lipinski definition) is 2. The van der Waals surface area contributed by atoms with Crippen molar-refractivity contribution in [2.75, 3.05) is 84.6 Å². The minimum absolute atomic E-state index is 0.134. The fourth-order valence-electron chi connectivity index (χ4n) is 4.60. The number of nitrogens with two attached hydrogens (primary N) is 1. The van der Waals surface area contributed by atoms with Crippen LogP contribution in [0.5, 0.6) is 0 Å². The Morgan fingerprint density at radius 3 is 1.30 bits per heavy atom. The average molecular weight is 718 g/mol. The standard InChI is InChI=1S/C11H14N2O3.C11H16N2O.C7H6BrNO2.C4H9NO/c14-13(15)11-3-1-10(2-4-11)9-12-5-7-16-8-6-12;12-11-3-1-10(2-4-11)9-13-5-7-14-8-6-13;8-5-6-1-3-7(4-2-6)9(10)11;1-3-6-4-2-5-1/h1-4H,5-9H2;1-4H,5-9,12H2;1-4H,5H2;5H,1-4H2. The van der Waals surface area contributed by atoms with Crippen molar-refractivity contribution in [2.24, 2.45) is 0 Å². The largest absolute Gasteiger partial charge is 0.399 e. The minimum Gasteiger partial charge on any atom is -0.399 e. The van der Waals surface area contributed by atoms with Crippen LogP contribution < -0.4 is 11.1 Å². The first kappa shape index (κ1) is 38.0. The predicted octanol–water partition coefficient (Wildman–Crippen LogP) is 4.62. The maximum atomic E-state index is 10.5. The Morgan fingerprint density at radius 1 is 0.617 bits per heavy atom. The van der Waals surface area contributed by atoms with E-state index in [4.69, 9.17) is 19.9 Å². The SMILES string of the molecule is C1COCCN1.Nc1ccc(CN2CCOCC2)cc1.O=[N+]([O-])c1ccc(CBr)cc1.O=[N+]([O-])c1ccc(CN2CCOCC2)cc1. The van der Waals surface area contributed by atoms with Crippen LogP contribution in [0.15, 0.2) is 72.8 Å². The number of anilines is 1. The van der Waals surface area contributed by atoms with Crippen molar-refractivity contribution < 1.29 is 24.1 Å². The number of alkyl halides is 1. The highest BCUT2D eigenvalue weighted by Crippen LogP contribution is 2.15. The summed E-state index contributed by atoms with van der Waals surface area (Å²) < 4.78 is 15.6. The van der Waals surface area contributed by atoms with Crippen LogP contribution in [-0.4, -0.2) is 98.6 Å². The molecule has 0 aromatic heterocycles. The van der Waals surface area contributed by atoms with E-state index in [0.717, 1.165) is 114 Å². The molecule has 0 saturated carbocycles. The van der Waals surface area contributed by atoms with Gasteiger partial charge >= 0.3 is 0 Å². The van der Waals surface area contributed by atoms with Crippen molar-refractivity contribution in [3.63, 3.8) is 0 Å². The molecule has 0 amide bonds. The van der Waals surface area contributed by atoms with Crippen molar-refractivity contribution >= 4 is 33.0 Å². The summed E-state index contributed by atoms with van der Waals surface area (Å²) >= 11 is 3.25. The number of nitrogen functional groups attached to an aromatic ring is 1. The number of nitro groups is 2. The van der Waals surface area contributed by atoms with E-state index in [-0.39, 0.29) is 16.3 Å². The maximum absolute atomic E-state index is 10.5. The normalized spacial score (nSPS) is 16.6. The summed E-state index contributed by atoms with van der Waals surface area (Å²) in [7, 11) is 0. The van der Waals surface area contributed by atoms with E-state index >= 15 is 0 Å². The van der Waals surface area contributed by atoms with Gasteiger partial charge in [0.25, 0.3) is 11.4 Å². The second-order valence-corrected chi connectivity index (χ2v) is 11.4. The Balaban J connectivity index is 0.000000178. The lowest BCUT2D eigenvalue weighted by Crippen LogP contribution is -2.35. The number of morpholine rings is 3. The van der Waals surface area contributed by atoms with E-state index in [1.165, 1.54) is 17.7 Å². The number of nitrogens with one attached hydrogen (secondary N) is 1. The third kappa shape index (κ3) is 15.8. The molecule has 14 heteroatoms.